The van der Waals surface area contributed by atoms with Crippen LogP contribution in [0.25, 0.3) is 0 Å². The van der Waals surface area contributed by atoms with E-state index >= 15 is 0 Å². The largest absolute Gasteiger partial charge is 0.354 e. The van der Waals surface area contributed by atoms with Crippen LogP contribution in [0.3, 0.4) is 0 Å². The highest BCUT2D eigenvalue weighted by atomic mass is 35.5. The fourth-order valence-corrected chi connectivity index (χ4v) is 1.68. The summed E-state index contributed by atoms with van der Waals surface area (Å²) < 4.78 is 0. The van der Waals surface area contributed by atoms with Crippen LogP contribution in [0.5, 0.6) is 0 Å². The molecule has 0 aromatic heterocycles. The Morgan fingerprint density at radius 1 is 1.32 bits per heavy atom. The van der Waals surface area contributed by atoms with Crippen LogP contribution in [0.15, 0.2) is 24.3 Å². The van der Waals surface area contributed by atoms with Crippen molar-refractivity contribution >= 4 is 29.1 Å². The quantitative estimate of drug-likeness (QED) is 0.787. The molecular formula is C14H19ClN2O2. The Morgan fingerprint density at radius 3 is 2.63 bits per heavy atom. The van der Waals surface area contributed by atoms with Crippen molar-refractivity contribution < 1.29 is 9.59 Å². The molecule has 0 aliphatic rings. The SMILES string of the molecule is CCc1ccccc1NC(=O)CCNC(=O)[C@@H](C)Cl. The smallest absolute Gasteiger partial charge is 0.237 e. The zero-order valence-electron chi connectivity index (χ0n) is 11.2. The van der Waals surface area contributed by atoms with Gasteiger partial charge in [0.05, 0.1) is 0 Å². The van der Waals surface area contributed by atoms with Gasteiger partial charge in [0.15, 0.2) is 0 Å². The van der Waals surface area contributed by atoms with E-state index in [2.05, 4.69) is 10.6 Å². The molecule has 19 heavy (non-hydrogen) atoms. The van der Waals surface area contributed by atoms with Crippen LogP contribution in [-0.2, 0) is 16.0 Å². The molecule has 0 saturated carbocycles. The van der Waals surface area contributed by atoms with Gasteiger partial charge in [0.1, 0.15) is 5.38 Å². The summed E-state index contributed by atoms with van der Waals surface area (Å²) in [6, 6.07) is 7.67. The van der Waals surface area contributed by atoms with Gasteiger partial charge in [-0.1, -0.05) is 25.1 Å². The number of carbonyl (C=O) groups excluding carboxylic acids is 2. The number of amides is 2. The number of benzene rings is 1. The Morgan fingerprint density at radius 2 is 2.00 bits per heavy atom. The maximum absolute atomic E-state index is 11.7. The van der Waals surface area contributed by atoms with Gasteiger partial charge in [-0.2, -0.15) is 0 Å². The van der Waals surface area contributed by atoms with E-state index in [9.17, 15) is 9.59 Å². The number of para-hydroxylation sites is 1. The highest BCUT2D eigenvalue weighted by molar-refractivity contribution is 6.30. The summed E-state index contributed by atoms with van der Waals surface area (Å²) in [5, 5.41) is 4.86. The molecule has 1 rings (SSSR count). The fourth-order valence-electron chi connectivity index (χ4n) is 1.60. The molecule has 1 aromatic rings. The van der Waals surface area contributed by atoms with Crippen molar-refractivity contribution in [3.05, 3.63) is 29.8 Å². The van der Waals surface area contributed by atoms with Gasteiger partial charge >= 0.3 is 0 Å². The van der Waals surface area contributed by atoms with Crippen LogP contribution >= 0.6 is 11.6 Å². The Bertz CT molecular complexity index is 447. The molecule has 0 fully saturated rings. The van der Waals surface area contributed by atoms with Gasteiger partial charge in [0.2, 0.25) is 11.8 Å². The lowest BCUT2D eigenvalue weighted by molar-refractivity contribution is -0.120. The van der Waals surface area contributed by atoms with Gasteiger partial charge in [-0.05, 0) is 25.0 Å². The highest BCUT2D eigenvalue weighted by Gasteiger charge is 2.09. The zero-order valence-corrected chi connectivity index (χ0v) is 12.0. The number of rotatable bonds is 6. The second-order valence-corrected chi connectivity index (χ2v) is 4.87. The lowest BCUT2D eigenvalue weighted by Gasteiger charge is -2.10. The molecule has 0 aliphatic heterocycles. The normalized spacial score (nSPS) is 11.7. The van der Waals surface area contributed by atoms with Gasteiger partial charge in [0.25, 0.3) is 0 Å². The number of aryl methyl sites for hydroxylation is 1. The van der Waals surface area contributed by atoms with Crippen molar-refractivity contribution in [2.45, 2.75) is 32.1 Å². The highest BCUT2D eigenvalue weighted by Crippen LogP contribution is 2.15. The Kier molecular flexibility index (Phi) is 6.36. The first-order valence-corrected chi connectivity index (χ1v) is 6.77. The fraction of sp³-hybridized carbons (Fsp3) is 0.429. The number of carbonyl (C=O) groups is 2. The second kappa shape index (κ2) is 7.79. The number of nitrogens with one attached hydrogen (secondary N) is 2. The minimum atomic E-state index is -0.580. The van der Waals surface area contributed by atoms with E-state index < -0.39 is 5.38 Å². The molecule has 0 unspecified atom stereocenters. The number of hydrogen-bond acceptors (Lipinski definition) is 2. The van der Waals surface area contributed by atoms with Gasteiger partial charge < -0.3 is 10.6 Å². The number of anilines is 1. The van der Waals surface area contributed by atoms with E-state index in [1.807, 2.05) is 31.2 Å². The Labute approximate surface area is 118 Å². The van der Waals surface area contributed by atoms with E-state index in [-0.39, 0.29) is 24.8 Å². The maximum atomic E-state index is 11.7. The van der Waals surface area contributed by atoms with Crippen LogP contribution in [0.4, 0.5) is 5.69 Å². The molecule has 0 radical (unpaired) electrons. The first-order valence-electron chi connectivity index (χ1n) is 6.34. The average Bonchev–Trinajstić information content (AvgIpc) is 2.39. The third-order valence-electron chi connectivity index (χ3n) is 2.68. The van der Waals surface area contributed by atoms with Crippen molar-refractivity contribution in [3.63, 3.8) is 0 Å². The van der Waals surface area contributed by atoms with Gasteiger partial charge in [-0.15, -0.1) is 11.6 Å². The van der Waals surface area contributed by atoms with Crippen molar-refractivity contribution in [2.75, 3.05) is 11.9 Å². The lowest BCUT2D eigenvalue weighted by atomic mass is 10.1. The second-order valence-electron chi connectivity index (χ2n) is 4.22. The third-order valence-corrected chi connectivity index (χ3v) is 2.88. The first-order chi connectivity index (χ1) is 9.04. The molecule has 0 aliphatic carbocycles. The monoisotopic (exact) mass is 282 g/mol. The van der Waals surface area contributed by atoms with Crippen molar-refractivity contribution in [3.8, 4) is 0 Å². The average molecular weight is 283 g/mol. The zero-order chi connectivity index (χ0) is 14.3. The molecular weight excluding hydrogens is 264 g/mol. The summed E-state index contributed by atoms with van der Waals surface area (Å²) in [7, 11) is 0. The predicted octanol–water partition coefficient (Wildman–Crippen LogP) is 2.32. The maximum Gasteiger partial charge on any atom is 0.237 e. The minimum absolute atomic E-state index is 0.122. The molecule has 104 valence electrons. The summed E-state index contributed by atoms with van der Waals surface area (Å²) in [6.45, 7) is 3.91. The minimum Gasteiger partial charge on any atom is -0.354 e. The summed E-state index contributed by atoms with van der Waals surface area (Å²) in [4.78, 5) is 22.9. The van der Waals surface area contributed by atoms with E-state index in [1.165, 1.54) is 0 Å². The number of halogens is 1. The summed E-state index contributed by atoms with van der Waals surface area (Å²) in [5.74, 6) is -0.383. The number of hydrogen-bond donors (Lipinski definition) is 2. The molecule has 0 heterocycles. The molecule has 4 nitrogen and oxygen atoms in total. The first kappa shape index (κ1) is 15.5. The molecule has 0 spiro atoms. The molecule has 2 amide bonds. The van der Waals surface area contributed by atoms with E-state index in [4.69, 9.17) is 11.6 Å². The summed E-state index contributed by atoms with van der Waals surface area (Å²) in [6.07, 6.45) is 1.09. The van der Waals surface area contributed by atoms with Gasteiger partial charge in [-0.25, -0.2) is 0 Å². The van der Waals surface area contributed by atoms with Crippen molar-refractivity contribution in [1.29, 1.82) is 0 Å². The topological polar surface area (TPSA) is 58.2 Å². The molecule has 0 bridgehead atoms. The molecule has 0 saturated heterocycles. The summed E-state index contributed by atoms with van der Waals surface area (Å²) >= 11 is 5.60. The van der Waals surface area contributed by atoms with Crippen molar-refractivity contribution in [2.24, 2.45) is 0 Å². The summed E-state index contributed by atoms with van der Waals surface area (Å²) in [5.41, 5.74) is 1.92. The predicted molar refractivity (Wildman–Crippen MR) is 77.4 cm³/mol. The Balaban J connectivity index is 2.41. The lowest BCUT2D eigenvalue weighted by Crippen LogP contribution is -2.32. The van der Waals surface area contributed by atoms with Crippen molar-refractivity contribution in [1.82, 2.24) is 5.32 Å². The molecule has 2 N–H and O–H groups in total. The van der Waals surface area contributed by atoms with Crippen LogP contribution in [-0.4, -0.2) is 23.7 Å². The Hall–Kier alpha value is -1.55. The number of alkyl halides is 1. The molecule has 1 aromatic carbocycles. The standard InChI is InChI=1S/C14H19ClN2O2/c1-3-11-6-4-5-7-12(11)17-13(18)8-9-16-14(19)10(2)15/h4-7,10H,3,8-9H2,1-2H3,(H,16,19)(H,17,18)/t10-/m1/s1. The molecule has 5 heteroatoms. The van der Waals surface area contributed by atoms with E-state index in [1.54, 1.807) is 6.92 Å². The third kappa shape index (κ3) is 5.30. The van der Waals surface area contributed by atoms with E-state index in [0.717, 1.165) is 17.7 Å². The van der Waals surface area contributed by atoms with E-state index in [0.29, 0.717) is 0 Å². The van der Waals surface area contributed by atoms with Gasteiger partial charge in [-0.3, -0.25) is 9.59 Å². The van der Waals surface area contributed by atoms with Crippen LogP contribution in [0.2, 0.25) is 0 Å². The van der Waals surface area contributed by atoms with Crippen LogP contribution < -0.4 is 10.6 Å². The van der Waals surface area contributed by atoms with Crippen LogP contribution in [0.1, 0.15) is 25.8 Å². The van der Waals surface area contributed by atoms with Gasteiger partial charge in [0, 0.05) is 18.7 Å². The molecule has 1 atom stereocenters. The van der Waals surface area contributed by atoms with Crippen LogP contribution in [0, 0.1) is 0 Å².